The Morgan fingerprint density at radius 1 is 1.07 bits per heavy atom. The lowest BCUT2D eigenvalue weighted by atomic mass is 9.98. The van der Waals surface area contributed by atoms with Crippen LogP contribution in [-0.2, 0) is 20.9 Å². The van der Waals surface area contributed by atoms with E-state index in [0.717, 1.165) is 5.56 Å². The van der Waals surface area contributed by atoms with Gasteiger partial charge < -0.3 is 19.1 Å². The van der Waals surface area contributed by atoms with Gasteiger partial charge >= 0.3 is 0 Å². The molecule has 0 unspecified atom stereocenters. The third kappa shape index (κ3) is 3.71. The summed E-state index contributed by atoms with van der Waals surface area (Å²) in [5, 5.41) is 0. The molecule has 28 heavy (non-hydrogen) atoms. The van der Waals surface area contributed by atoms with E-state index in [4.69, 9.17) is 14.2 Å². The fourth-order valence-corrected chi connectivity index (χ4v) is 3.33. The molecular formula is C22H21NO5. The molecule has 2 heterocycles. The first-order valence-corrected chi connectivity index (χ1v) is 9.10. The highest BCUT2D eigenvalue weighted by molar-refractivity contribution is 6.08. The minimum atomic E-state index is -0.710. The number of hydrogen-bond acceptors (Lipinski definition) is 5. The molecule has 0 bridgehead atoms. The number of carbonyl (C=O) groups excluding carboxylic acids is 2. The number of rotatable bonds is 4. The number of allylic oxidation sites excluding steroid dienone is 1. The second kappa shape index (κ2) is 7.03. The molecule has 6 nitrogen and oxygen atoms in total. The lowest BCUT2D eigenvalue weighted by Crippen LogP contribution is -2.39. The summed E-state index contributed by atoms with van der Waals surface area (Å²) >= 11 is 0. The molecular weight excluding hydrogens is 358 g/mol. The van der Waals surface area contributed by atoms with Crippen molar-refractivity contribution in [1.29, 1.82) is 0 Å². The number of fused-ring (bicyclic) bond motifs is 1. The summed E-state index contributed by atoms with van der Waals surface area (Å²) < 4.78 is 16.6. The molecule has 0 N–H and O–H groups in total. The molecule has 0 saturated heterocycles. The van der Waals surface area contributed by atoms with E-state index >= 15 is 0 Å². The molecule has 0 fully saturated rings. The summed E-state index contributed by atoms with van der Waals surface area (Å²) in [6.45, 7) is 4.10. The molecule has 0 spiro atoms. The van der Waals surface area contributed by atoms with Crippen LogP contribution in [0.1, 0.15) is 25.8 Å². The maximum Gasteiger partial charge on any atom is 0.293 e. The molecule has 2 aliphatic rings. The van der Waals surface area contributed by atoms with Gasteiger partial charge in [0.15, 0.2) is 23.0 Å². The average molecular weight is 379 g/mol. The summed E-state index contributed by atoms with van der Waals surface area (Å²) in [7, 11) is 0. The Balaban J connectivity index is 1.66. The van der Waals surface area contributed by atoms with Crippen molar-refractivity contribution in [2.75, 3.05) is 11.7 Å². The first-order chi connectivity index (χ1) is 13.4. The minimum absolute atomic E-state index is 0.0610. The van der Waals surface area contributed by atoms with Gasteiger partial charge in [-0.15, -0.1) is 0 Å². The summed E-state index contributed by atoms with van der Waals surface area (Å²) in [4.78, 5) is 27.0. The van der Waals surface area contributed by atoms with Crippen molar-refractivity contribution in [3.63, 3.8) is 0 Å². The highest BCUT2D eigenvalue weighted by Crippen LogP contribution is 2.34. The zero-order valence-electron chi connectivity index (χ0n) is 15.8. The second-order valence-corrected chi connectivity index (χ2v) is 7.43. The Kier molecular flexibility index (Phi) is 4.55. The molecule has 0 aromatic heterocycles. The fourth-order valence-electron chi connectivity index (χ4n) is 3.33. The number of anilines is 1. The van der Waals surface area contributed by atoms with Crippen LogP contribution in [-0.4, -0.2) is 24.1 Å². The van der Waals surface area contributed by atoms with Gasteiger partial charge in [-0.05, 0) is 43.7 Å². The van der Waals surface area contributed by atoms with Crippen LogP contribution in [0.5, 0.6) is 11.5 Å². The Hall–Kier alpha value is -3.28. The van der Waals surface area contributed by atoms with Gasteiger partial charge in [0.1, 0.15) is 5.60 Å². The van der Waals surface area contributed by atoms with Gasteiger partial charge in [-0.1, -0.05) is 24.3 Å². The van der Waals surface area contributed by atoms with Crippen LogP contribution in [0, 0.1) is 0 Å². The van der Waals surface area contributed by atoms with Crippen molar-refractivity contribution in [1.82, 2.24) is 0 Å². The second-order valence-electron chi connectivity index (χ2n) is 7.43. The first-order valence-electron chi connectivity index (χ1n) is 9.10. The van der Waals surface area contributed by atoms with Gasteiger partial charge in [0.05, 0.1) is 6.54 Å². The Bertz CT molecular complexity index is 949. The number of ketones is 1. The molecule has 144 valence electrons. The summed E-state index contributed by atoms with van der Waals surface area (Å²) in [6, 6.07) is 14.9. The van der Waals surface area contributed by atoms with Gasteiger partial charge in [-0.25, -0.2) is 0 Å². The largest absolute Gasteiger partial charge is 0.481 e. The van der Waals surface area contributed by atoms with E-state index in [1.807, 2.05) is 48.5 Å². The van der Waals surface area contributed by atoms with Crippen LogP contribution in [0.4, 0.5) is 5.69 Å². The first kappa shape index (κ1) is 18.1. The molecule has 2 aromatic rings. The summed E-state index contributed by atoms with van der Waals surface area (Å²) in [5.41, 5.74) is 0.881. The van der Waals surface area contributed by atoms with E-state index < -0.39 is 5.60 Å². The predicted octanol–water partition coefficient (Wildman–Crippen LogP) is 3.60. The lowest BCUT2D eigenvalue weighted by Gasteiger charge is -2.32. The van der Waals surface area contributed by atoms with E-state index in [2.05, 4.69) is 0 Å². The maximum atomic E-state index is 13.3. The van der Waals surface area contributed by atoms with Crippen LogP contribution in [0.15, 0.2) is 60.4 Å². The molecule has 2 aromatic carbocycles. The normalized spacial score (nSPS) is 16.9. The lowest BCUT2D eigenvalue weighted by molar-refractivity contribution is -0.129. The van der Waals surface area contributed by atoms with Crippen LogP contribution in [0.25, 0.3) is 0 Å². The van der Waals surface area contributed by atoms with Gasteiger partial charge in [-0.2, -0.15) is 0 Å². The van der Waals surface area contributed by atoms with Crippen molar-refractivity contribution < 1.29 is 23.8 Å². The SMILES string of the molecule is CC1(C)CC(=O)C=C(C(=O)N(Cc2ccc3c(c2)OCO3)c2ccccc2)O1. The smallest absolute Gasteiger partial charge is 0.293 e. The molecule has 0 atom stereocenters. The number of para-hydroxylation sites is 1. The Morgan fingerprint density at radius 2 is 1.82 bits per heavy atom. The monoisotopic (exact) mass is 379 g/mol. The predicted molar refractivity (Wildman–Crippen MR) is 103 cm³/mol. The molecule has 0 saturated carbocycles. The van der Waals surface area contributed by atoms with Gasteiger partial charge in [0.2, 0.25) is 6.79 Å². The minimum Gasteiger partial charge on any atom is -0.481 e. The van der Waals surface area contributed by atoms with Crippen LogP contribution in [0.3, 0.4) is 0 Å². The van der Waals surface area contributed by atoms with Crippen LogP contribution < -0.4 is 14.4 Å². The zero-order chi connectivity index (χ0) is 19.7. The van der Waals surface area contributed by atoms with E-state index in [1.54, 1.807) is 18.7 Å². The molecule has 4 rings (SSSR count). The highest BCUT2D eigenvalue weighted by Gasteiger charge is 2.34. The number of nitrogens with zero attached hydrogens (tertiary/aromatic N) is 1. The average Bonchev–Trinajstić information content (AvgIpc) is 3.12. The van der Waals surface area contributed by atoms with E-state index in [9.17, 15) is 9.59 Å². The zero-order valence-corrected chi connectivity index (χ0v) is 15.8. The highest BCUT2D eigenvalue weighted by atomic mass is 16.7. The summed E-state index contributed by atoms with van der Waals surface area (Å²) in [6.07, 6.45) is 1.54. The van der Waals surface area contributed by atoms with Crippen molar-refractivity contribution in [2.45, 2.75) is 32.4 Å². The standard InChI is InChI=1S/C22H21NO5/c1-22(2)12-17(24)11-20(28-22)21(25)23(16-6-4-3-5-7-16)13-15-8-9-18-19(10-15)27-14-26-18/h3-11H,12-14H2,1-2H3. The number of hydrogen-bond donors (Lipinski definition) is 0. The molecule has 2 aliphatic heterocycles. The number of carbonyl (C=O) groups is 2. The number of benzene rings is 2. The number of ether oxygens (including phenoxy) is 3. The fraction of sp³-hybridized carbons (Fsp3) is 0.273. The van der Waals surface area contributed by atoms with Crippen LogP contribution in [0.2, 0.25) is 0 Å². The summed E-state index contributed by atoms with van der Waals surface area (Å²) in [5.74, 6) is 0.931. The molecule has 0 aliphatic carbocycles. The molecule has 6 heteroatoms. The quantitative estimate of drug-likeness (QED) is 0.812. The van der Waals surface area contributed by atoms with Gasteiger partial charge in [0, 0.05) is 18.2 Å². The van der Waals surface area contributed by atoms with Crippen molar-refractivity contribution in [2.24, 2.45) is 0 Å². The number of amides is 1. The third-order valence-electron chi connectivity index (χ3n) is 4.58. The van der Waals surface area contributed by atoms with E-state index in [1.165, 1.54) is 6.08 Å². The maximum absolute atomic E-state index is 13.3. The van der Waals surface area contributed by atoms with Crippen LogP contribution >= 0.6 is 0 Å². The van der Waals surface area contributed by atoms with E-state index in [0.29, 0.717) is 23.7 Å². The Morgan fingerprint density at radius 3 is 2.57 bits per heavy atom. The third-order valence-corrected chi connectivity index (χ3v) is 4.58. The molecule has 1 amide bonds. The van der Waals surface area contributed by atoms with Crippen molar-refractivity contribution >= 4 is 17.4 Å². The van der Waals surface area contributed by atoms with Crippen molar-refractivity contribution in [3.8, 4) is 11.5 Å². The topological polar surface area (TPSA) is 65.1 Å². The van der Waals surface area contributed by atoms with Crippen molar-refractivity contribution in [3.05, 3.63) is 65.9 Å². The van der Waals surface area contributed by atoms with E-state index in [-0.39, 0.29) is 30.7 Å². The Labute approximate surface area is 163 Å². The van der Waals surface area contributed by atoms with Gasteiger partial charge in [-0.3, -0.25) is 9.59 Å². The molecule has 0 radical (unpaired) electrons. The van der Waals surface area contributed by atoms with Gasteiger partial charge in [0.25, 0.3) is 5.91 Å².